The van der Waals surface area contributed by atoms with Gasteiger partial charge in [-0.25, -0.2) is 0 Å². The highest BCUT2D eigenvalue weighted by Crippen LogP contribution is 2.18. The van der Waals surface area contributed by atoms with E-state index in [1.807, 2.05) is 12.1 Å². The smallest absolute Gasteiger partial charge is 0.0406 e. The van der Waals surface area contributed by atoms with Gasteiger partial charge >= 0.3 is 0 Å². The second kappa shape index (κ2) is 6.55. The first-order chi connectivity index (χ1) is 8.66. The first-order valence-electron chi connectivity index (χ1n) is 6.86. The van der Waals surface area contributed by atoms with Gasteiger partial charge in [-0.1, -0.05) is 30.2 Å². The molecular weight excluding hydrogens is 244 g/mol. The molecule has 1 aliphatic rings. The van der Waals surface area contributed by atoms with Gasteiger partial charge in [0.2, 0.25) is 0 Å². The van der Waals surface area contributed by atoms with Gasteiger partial charge in [0, 0.05) is 23.7 Å². The molecule has 3 heteroatoms. The maximum Gasteiger partial charge on any atom is 0.0406 e. The van der Waals surface area contributed by atoms with Crippen molar-refractivity contribution in [3.05, 3.63) is 34.9 Å². The fraction of sp³-hybridized carbons (Fsp3) is 0.600. The van der Waals surface area contributed by atoms with Crippen LogP contribution in [0.2, 0.25) is 5.02 Å². The van der Waals surface area contributed by atoms with Crippen LogP contribution in [0, 0.1) is 0 Å². The average Bonchev–Trinajstić information content (AvgIpc) is 2.38. The van der Waals surface area contributed by atoms with E-state index in [0.29, 0.717) is 12.1 Å². The normalized spacial score (nSPS) is 22.9. The molecule has 1 aromatic rings. The van der Waals surface area contributed by atoms with Crippen LogP contribution in [0.15, 0.2) is 24.3 Å². The maximum absolute atomic E-state index is 5.91. The van der Waals surface area contributed by atoms with Crippen LogP contribution < -0.4 is 5.32 Å². The summed E-state index contributed by atoms with van der Waals surface area (Å²) in [5.41, 5.74) is 1.30. The molecule has 2 atom stereocenters. The number of benzene rings is 1. The predicted octanol–water partition coefficient (Wildman–Crippen LogP) is 3.47. The van der Waals surface area contributed by atoms with E-state index in [9.17, 15) is 0 Å². The molecule has 1 heterocycles. The first kappa shape index (κ1) is 13.9. The highest BCUT2D eigenvalue weighted by Gasteiger charge is 2.19. The van der Waals surface area contributed by atoms with Crippen molar-refractivity contribution in [3.8, 4) is 0 Å². The summed E-state index contributed by atoms with van der Waals surface area (Å²) < 4.78 is 0. The van der Waals surface area contributed by atoms with Crippen molar-refractivity contribution in [2.45, 2.75) is 38.3 Å². The monoisotopic (exact) mass is 266 g/mol. The van der Waals surface area contributed by atoms with Crippen LogP contribution in [0.25, 0.3) is 0 Å². The fourth-order valence-electron chi connectivity index (χ4n) is 2.58. The molecular formula is C15H23ClN2. The third-order valence-electron chi connectivity index (χ3n) is 3.95. The fourth-order valence-corrected chi connectivity index (χ4v) is 2.71. The van der Waals surface area contributed by atoms with Crippen LogP contribution in [0.4, 0.5) is 0 Å². The minimum atomic E-state index is 0.387. The van der Waals surface area contributed by atoms with Crippen LogP contribution in [0.5, 0.6) is 0 Å². The lowest BCUT2D eigenvalue weighted by molar-refractivity contribution is 0.178. The minimum absolute atomic E-state index is 0.387. The summed E-state index contributed by atoms with van der Waals surface area (Å²) >= 11 is 5.91. The Labute approximate surface area is 115 Å². The SMILES string of the molecule is C[C@H](NCC1CCCCN1C)c1ccc(Cl)cc1. The average molecular weight is 267 g/mol. The van der Waals surface area contributed by atoms with Crippen molar-refractivity contribution < 1.29 is 0 Å². The Hall–Kier alpha value is -0.570. The van der Waals surface area contributed by atoms with E-state index in [0.717, 1.165) is 11.6 Å². The van der Waals surface area contributed by atoms with Crippen molar-refractivity contribution >= 4 is 11.6 Å². The molecule has 2 rings (SSSR count). The van der Waals surface area contributed by atoms with E-state index in [1.165, 1.54) is 31.4 Å². The summed E-state index contributed by atoms with van der Waals surface area (Å²) in [5, 5.41) is 4.44. The summed E-state index contributed by atoms with van der Waals surface area (Å²) in [7, 11) is 2.23. The molecule has 1 unspecified atom stereocenters. The third kappa shape index (κ3) is 3.71. The molecule has 1 N–H and O–H groups in total. The number of likely N-dealkylation sites (N-methyl/N-ethyl adjacent to an activating group) is 1. The first-order valence-corrected chi connectivity index (χ1v) is 7.23. The van der Waals surface area contributed by atoms with Crippen molar-refractivity contribution in [1.82, 2.24) is 10.2 Å². The van der Waals surface area contributed by atoms with Crippen LogP contribution >= 0.6 is 11.6 Å². The second-order valence-electron chi connectivity index (χ2n) is 5.31. The number of rotatable bonds is 4. The van der Waals surface area contributed by atoms with E-state index < -0.39 is 0 Å². The molecule has 2 nitrogen and oxygen atoms in total. The zero-order valence-corrected chi connectivity index (χ0v) is 12.1. The molecule has 0 aromatic heterocycles. The Morgan fingerprint density at radius 3 is 2.72 bits per heavy atom. The zero-order chi connectivity index (χ0) is 13.0. The number of halogens is 1. The number of likely N-dealkylation sites (tertiary alicyclic amines) is 1. The molecule has 1 fully saturated rings. The van der Waals surface area contributed by atoms with Crippen molar-refractivity contribution in [1.29, 1.82) is 0 Å². The molecule has 1 aliphatic heterocycles. The molecule has 0 bridgehead atoms. The molecule has 0 radical (unpaired) electrons. The maximum atomic E-state index is 5.91. The van der Waals surface area contributed by atoms with Gasteiger partial charge in [0.15, 0.2) is 0 Å². The Kier molecular flexibility index (Phi) is 5.04. The Morgan fingerprint density at radius 1 is 1.33 bits per heavy atom. The highest BCUT2D eigenvalue weighted by molar-refractivity contribution is 6.30. The van der Waals surface area contributed by atoms with Gasteiger partial charge in [-0.05, 0) is 51.1 Å². The quantitative estimate of drug-likeness (QED) is 0.898. The van der Waals surface area contributed by atoms with Gasteiger partial charge in [-0.3, -0.25) is 0 Å². The zero-order valence-electron chi connectivity index (χ0n) is 11.3. The molecule has 0 aliphatic carbocycles. The van der Waals surface area contributed by atoms with Gasteiger partial charge in [0.25, 0.3) is 0 Å². The number of hydrogen-bond donors (Lipinski definition) is 1. The van der Waals surface area contributed by atoms with E-state index >= 15 is 0 Å². The van der Waals surface area contributed by atoms with Crippen molar-refractivity contribution in [2.75, 3.05) is 20.1 Å². The Bertz CT molecular complexity index is 363. The summed E-state index contributed by atoms with van der Waals surface area (Å²) in [4.78, 5) is 2.48. The molecule has 0 spiro atoms. The van der Waals surface area contributed by atoms with Gasteiger partial charge in [0.05, 0.1) is 0 Å². The summed E-state index contributed by atoms with van der Waals surface area (Å²) in [6, 6.07) is 9.20. The van der Waals surface area contributed by atoms with E-state index in [2.05, 4.69) is 36.3 Å². The van der Waals surface area contributed by atoms with E-state index in [4.69, 9.17) is 11.6 Å². The highest BCUT2D eigenvalue weighted by atomic mass is 35.5. The molecule has 1 aromatic carbocycles. The number of nitrogens with one attached hydrogen (secondary N) is 1. The van der Waals surface area contributed by atoms with E-state index in [-0.39, 0.29) is 0 Å². The predicted molar refractivity (Wildman–Crippen MR) is 78.1 cm³/mol. The van der Waals surface area contributed by atoms with Crippen LogP contribution in [0.3, 0.4) is 0 Å². The standard InChI is InChI=1S/C15H23ClN2/c1-12(13-6-8-14(16)9-7-13)17-11-15-5-3-4-10-18(15)2/h6-9,12,15,17H,3-5,10-11H2,1-2H3/t12-,15?/m0/s1. The summed E-state index contributed by atoms with van der Waals surface area (Å²) in [6.45, 7) is 4.52. The Morgan fingerprint density at radius 2 is 2.06 bits per heavy atom. The molecule has 0 saturated carbocycles. The lowest BCUT2D eigenvalue weighted by atomic mass is 10.0. The van der Waals surface area contributed by atoms with Gasteiger partial charge < -0.3 is 10.2 Å². The Balaban J connectivity index is 1.83. The molecule has 18 heavy (non-hydrogen) atoms. The van der Waals surface area contributed by atoms with Gasteiger partial charge in [-0.2, -0.15) is 0 Å². The topological polar surface area (TPSA) is 15.3 Å². The minimum Gasteiger partial charge on any atom is -0.309 e. The molecule has 1 saturated heterocycles. The summed E-state index contributed by atoms with van der Waals surface area (Å²) in [5.74, 6) is 0. The largest absolute Gasteiger partial charge is 0.309 e. The van der Waals surface area contributed by atoms with Gasteiger partial charge in [-0.15, -0.1) is 0 Å². The molecule has 0 amide bonds. The number of nitrogens with zero attached hydrogens (tertiary/aromatic N) is 1. The number of piperidine rings is 1. The van der Waals surface area contributed by atoms with Crippen LogP contribution in [-0.4, -0.2) is 31.1 Å². The van der Waals surface area contributed by atoms with E-state index in [1.54, 1.807) is 0 Å². The van der Waals surface area contributed by atoms with Crippen LogP contribution in [0.1, 0.15) is 37.8 Å². The number of hydrogen-bond acceptors (Lipinski definition) is 2. The second-order valence-corrected chi connectivity index (χ2v) is 5.75. The van der Waals surface area contributed by atoms with Crippen LogP contribution in [-0.2, 0) is 0 Å². The lowest BCUT2D eigenvalue weighted by Crippen LogP contribution is -2.43. The molecule has 100 valence electrons. The van der Waals surface area contributed by atoms with Crippen molar-refractivity contribution in [2.24, 2.45) is 0 Å². The third-order valence-corrected chi connectivity index (χ3v) is 4.20. The lowest BCUT2D eigenvalue weighted by Gasteiger charge is -2.33. The van der Waals surface area contributed by atoms with Gasteiger partial charge in [0.1, 0.15) is 0 Å². The van der Waals surface area contributed by atoms with Crippen molar-refractivity contribution in [3.63, 3.8) is 0 Å². The summed E-state index contributed by atoms with van der Waals surface area (Å²) in [6.07, 6.45) is 4.03.